The number of hydrogen-bond donors (Lipinski definition) is 1. The number of Topliss-reactive ketones (excluding diaryl/α,β-unsaturated/α-hetero) is 1. The zero-order chi connectivity index (χ0) is 17.5. The highest BCUT2D eigenvalue weighted by atomic mass is 35.5. The average Bonchev–Trinajstić information content (AvgIpc) is 2.57. The molecule has 0 unspecified atom stereocenters. The van der Waals surface area contributed by atoms with Gasteiger partial charge in [-0.3, -0.25) is 4.79 Å². The Balaban J connectivity index is 2.32. The third kappa shape index (κ3) is 4.39. The molecule has 0 spiro atoms. The van der Waals surface area contributed by atoms with Crippen molar-refractivity contribution >= 4 is 29.0 Å². The Kier molecular flexibility index (Phi) is 6.03. The van der Waals surface area contributed by atoms with Crippen molar-refractivity contribution in [2.75, 3.05) is 11.9 Å². The maximum absolute atomic E-state index is 12.9. The minimum absolute atomic E-state index is 0.0144. The van der Waals surface area contributed by atoms with E-state index in [1.165, 1.54) is 48.8 Å². The number of anilines is 1. The minimum Gasteiger partial charge on any atom is -0.462 e. The van der Waals surface area contributed by atoms with Crippen LogP contribution in [0.15, 0.2) is 54.4 Å². The van der Waals surface area contributed by atoms with Crippen LogP contribution in [0.3, 0.4) is 0 Å². The Bertz CT molecular complexity index is 776. The third-order valence-electron chi connectivity index (χ3n) is 2.97. The standard InChI is InChI=1S/C17H14ClFN2O3/c1-2-24-17(23)14(10-21-12-7-5-11(19)6-8-12)15(22)13-4-3-9-20-16(13)18/h3-10,21H,2H2,1H3. The predicted molar refractivity (Wildman–Crippen MR) is 88.3 cm³/mol. The highest BCUT2D eigenvalue weighted by molar-refractivity contribution is 6.36. The van der Waals surface area contributed by atoms with E-state index in [0.29, 0.717) is 5.69 Å². The summed E-state index contributed by atoms with van der Waals surface area (Å²) < 4.78 is 17.8. The van der Waals surface area contributed by atoms with Gasteiger partial charge in [-0.25, -0.2) is 14.2 Å². The molecular weight excluding hydrogens is 335 g/mol. The molecule has 0 radical (unpaired) electrons. The number of esters is 1. The Morgan fingerprint density at radius 3 is 2.62 bits per heavy atom. The number of pyridine rings is 1. The molecule has 2 rings (SSSR count). The summed E-state index contributed by atoms with van der Waals surface area (Å²) in [6.45, 7) is 1.74. The van der Waals surface area contributed by atoms with Crippen molar-refractivity contribution in [1.29, 1.82) is 0 Å². The number of ether oxygens (including phenoxy) is 1. The second-order valence-electron chi connectivity index (χ2n) is 4.60. The molecule has 0 saturated heterocycles. The average molecular weight is 349 g/mol. The summed E-state index contributed by atoms with van der Waals surface area (Å²) in [6, 6.07) is 8.43. The van der Waals surface area contributed by atoms with Gasteiger partial charge in [-0.1, -0.05) is 11.6 Å². The summed E-state index contributed by atoms with van der Waals surface area (Å²) in [5.74, 6) is -1.81. The lowest BCUT2D eigenvalue weighted by atomic mass is 10.1. The molecular formula is C17H14ClFN2O3. The van der Waals surface area contributed by atoms with E-state index in [2.05, 4.69) is 10.3 Å². The van der Waals surface area contributed by atoms with Gasteiger partial charge in [0.1, 0.15) is 16.5 Å². The van der Waals surface area contributed by atoms with Crippen LogP contribution in [0.5, 0.6) is 0 Å². The molecule has 0 aliphatic carbocycles. The number of nitrogens with one attached hydrogen (secondary N) is 1. The van der Waals surface area contributed by atoms with Crippen LogP contribution >= 0.6 is 11.6 Å². The number of carbonyl (C=O) groups is 2. The number of ketones is 1. The van der Waals surface area contributed by atoms with Crippen LogP contribution in [-0.2, 0) is 9.53 Å². The summed E-state index contributed by atoms with van der Waals surface area (Å²) in [6.07, 6.45) is 2.64. The number of aromatic nitrogens is 1. The minimum atomic E-state index is -0.794. The van der Waals surface area contributed by atoms with Gasteiger partial charge in [0.05, 0.1) is 12.2 Å². The zero-order valence-corrected chi connectivity index (χ0v) is 13.5. The Labute approximate surface area is 143 Å². The number of carbonyl (C=O) groups excluding carboxylic acids is 2. The van der Waals surface area contributed by atoms with Crippen LogP contribution in [0.4, 0.5) is 10.1 Å². The first-order valence-electron chi connectivity index (χ1n) is 7.07. The van der Waals surface area contributed by atoms with Gasteiger partial charge in [-0.05, 0) is 43.3 Å². The van der Waals surface area contributed by atoms with Crippen LogP contribution in [-0.4, -0.2) is 23.3 Å². The number of nitrogens with zero attached hydrogens (tertiary/aromatic N) is 1. The van der Waals surface area contributed by atoms with E-state index in [4.69, 9.17) is 16.3 Å². The SMILES string of the molecule is CCOC(=O)C(=CNc1ccc(F)cc1)C(=O)c1cccnc1Cl. The molecule has 1 N–H and O–H groups in total. The van der Waals surface area contributed by atoms with E-state index in [0.717, 1.165) is 0 Å². The lowest BCUT2D eigenvalue weighted by molar-refractivity contribution is -0.138. The van der Waals surface area contributed by atoms with Crippen LogP contribution in [0.2, 0.25) is 5.15 Å². The van der Waals surface area contributed by atoms with Gasteiger partial charge < -0.3 is 10.1 Å². The molecule has 7 heteroatoms. The van der Waals surface area contributed by atoms with Gasteiger partial charge in [0, 0.05) is 18.1 Å². The van der Waals surface area contributed by atoms with E-state index in [1.807, 2.05) is 0 Å². The topological polar surface area (TPSA) is 68.3 Å². The summed E-state index contributed by atoms with van der Waals surface area (Å²) in [5, 5.41) is 2.75. The van der Waals surface area contributed by atoms with Gasteiger partial charge in [-0.2, -0.15) is 0 Å². The lowest BCUT2D eigenvalue weighted by Gasteiger charge is -2.08. The van der Waals surface area contributed by atoms with Crippen molar-refractivity contribution < 1.29 is 18.7 Å². The molecule has 0 aliphatic heterocycles. The summed E-state index contributed by atoms with van der Waals surface area (Å²) in [7, 11) is 0. The van der Waals surface area contributed by atoms with Crippen molar-refractivity contribution in [3.63, 3.8) is 0 Å². The fraction of sp³-hybridized carbons (Fsp3) is 0.118. The second-order valence-corrected chi connectivity index (χ2v) is 4.96. The summed E-state index contributed by atoms with van der Waals surface area (Å²) in [4.78, 5) is 28.5. The predicted octanol–water partition coefficient (Wildman–Crippen LogP) is 3.62. The van der Waals surface area contributed by atoms with Gasteiger partial charge in [0.15, 0.2) is 0 Å². The summed E-state index contributed by atoms with van der Waals surface area (Å²) >= 11 is 5.91. The van der Waals surface area contributed by atoms with Crippen LogP contribution < -0.4 is 5.32 Å². The van der Waals surface area contributed by atoms with Gasteiger partial charge >= 0.3 is 5.97 Å². The fourth-order valence-corrected chi connectivity index (χ4v) is 2.03. The first-order chi connectivity index (χ1) is 11.5. The molecule has 1 heterocycles. The highest BCUT2D eigenvalue weighted by Crippen LogP contribution is 2.18. The molecule has 1 aromatic heterocycles. The van der Waals surface area contributed by atoms with E-state index < -0.39 is 17.6 Å². The van der Waals surface area contributed by atoms with E-state index in [-0.39, 0.29) is 22.9 Å². The van der Waals surface area contributed by atoms with E-state index in [9.17, 15) is 14.0 Å². The first-order valence-corrected chi connectivity index (χ1v) is 7.45. The normalized spacial score (nSPS) is 11.0. The van der Waals surface area contributed by atoms with Crippen molar-refractivity contribution in [3.05, 3.63) is 70.9 Å². The number of halogens is 2. The van der Waals surface area contributed by atoms with E-state index >= 15 is 0 Å². The van der Waals surface area contributed by atoms with Gasteiger partial charge in [0.2, 0.25) is 5.78 Å². The Hall–Kier alpha value is -2.73. The number of hydrogen-bond acceptors (Lipinski definition) is 5. The lowest BCUT2D eigenvalue weighted by Crippen LogP contribution is -2.18. The van der Waals surface area contributed by atoms with E-state index in [1.54, 1.807) is 6.92 Å². The van der Waals surface area contributed by atoms with Crippen molar-refractivity contribution in [2.45, 2.75) is 6.92 Å². The quantitative estimate of drug-likeness (QED) is 0.216. The smallest absolute Gasteiger partial charge is 0.343 e. The number of rotatable bonds is 6. The van der Waals surface area contributed by atoms with Gasteiger partial charge in [0.25, 0.3) is 0 Å². The monoisotopic (exact) mass is 348 g/mol. The molecule has 0 fully saturated rings. The first kappa shape index (κ1) is 17.6. The highest BCUT2D eigenvalue weighted by Gasteiger charge is 2.23. The van der Waals surface area contributed by atoms with Crippen molar-refractivity contribution in [1.82, 2.24) is 4.98 Å². The second kappa shape index (κ2) is 8.21. The third-order valence-corrected chi connectivity index (χ3v) is 3.27. The molecule has 0 atom stereocenters. The molecule has 0 bridgehead atoms. The maximum atomic E-state index is 12.9. The molecule has 124 valence electrons. The molecule has 0 amide bonds. The van der Waals surface area contributed by atoms with Crippen molar-refractivity contribution in [2.24, 2.45) is 0 Å². The van der Waals surface area contributed by atoms with Crippen LogP contribution in [0, 0.1) is 5.82 Å². The molecule has 1 aromatic carbocycles. The fourth-order valence-electron chi connectivity index (χ4n) is 1.83. The zero-order valence-electron chi connectivity index (χ0n) is 12.8. The largest absolute Gasteiger partial charge is 0.462 e. The number of benzene rings is 1. The maximum Gasteiger partial charge on any atom is 0.343 e. The summed E-state index contributed by atoms with van der Waals surface area (Å²) in [5.41, 5.74) is 0.346. The Morgan fingerprint density at radius 2 is 2.00 bits per heavy atom. The Morgan fingerprint density at radius 1 is 1.29 bits per heavy atom. The molecule has 0 aliphatic rings. The molecule has 0 saturated carbocycles. The van der Waals surface area contributed by atoms with Crippen LogP contribution in [0.25, 0.3) is 0 Å². The molecule has 5 nitrogen and oxygen atoms in total. The van der Waals surface area contributed by atoms with Gasteiger partial charge in [-0.15, -0.1) is 0 Å². The molecule has 2 aromatic rings. The van der Waals surface area contributed by atoms with Crippen molar-refractivity contribution in [3.8, 4) is 0 Å². The molecule has 24 heavy (non-hydrogen) atoms. The van der Waals surface area contributed by atoms with Crippen LogP contribution in [0.1, 0.15) is 17.3 Å².